The molecule has 0 radical (unpaired) electrons. The van der Waals surface area contributed by atoms with Crippen LogP contribution < -0.4 is 14.4 Å². The number of benzene rings is 2. The lowest BCUT2D eigenvalue weighted by Gasteiger charge is -2.35. The number of piperidine rings is 1. The minimum absolute atomic E-state index is 0.0769. The molecule has 1 N–H and O–H groups in total. The van der Waals surface area contributed by atoms with Crippen molar-refractivity contribution in [3.05, 3.63) is 51.6 Å². The van der Waals surface area contributed by atoms with E-state index in [1.165, 1.54) is 30.7 Å². The molecule has 0 spiro atoms. The van der Waals surface area contributed by atoms with E-state index in [2.05, 4.69) is 6.92 Å². The Labute approximate surface area is 198 Å². The van der Waals surface area contributed by atoms with Gasteiger partial charge in [-0.2, -0.15) is 4.31 Å². The molecular formula is C23H29N3O7S. The Hall–Kier alpha value is -2.89. The van der Waals surface area contributed by atoms with Crippen molar-refractivity contribution in [2.45, 2.75) is 37.3 Å². The number of nitro groups is 1. The molecule has 2 heterocycles. The van der Waals surface area contributed by atoms with Crippen LogP contribution in [-0.4, -0.2) is 56.6 Å². The maximum Gasteiger partial charge on any atom is 0.293 e. The minimum atomic E-state index is -3.84. The number of nitro benzene ring substituents is 1. The molecule has 1 saturated heterocycles. The van der Waals surface area contributed by atoms with Crippen molar-refractivity contribution in [3.63, 3.8) is 0 Å². The summed E-state index contributed by atoms with van der Waals surface area (Å²) in [6.07, 6.45) is 0.540. The smallest absolute Gasteiger partial charge is 0.293 e. The fraction of sp³-hybridized carbons (Fsp3) is 0.478. The number of methoxy groups -OCH3 is 2. The number of sulfonamides is 1. The molecule has 1 fully saturated rings. The summed E-state index contributed by atoms with van der Waals surface area (Å²) in [5.74, 6) is 1.49. The molecule has 0 aromatic heterocycles. The van der Waals surface area contributed by atoms with Crippen LogP contribution in [0.5, 0.6) is 11.5 Å². The quantitative estimate of drug-likeness (QED) is 0.483. The third-order valence-corrected chi connectivity index (χ3v) is 8.55. The van der Waals surface area contributed by atoms with E-state index in [-0.39, 0.29) is 29.4 Å². The van der Waals surface area contributed by atoms with Crippen LogP contribution in [0, 0.1) is 16.0 Å². The maximum atomic E-state index is 13.1. The summed E-state index contributed by atoms with van der Waals surface area (Å²) >= 11 is 0. The van der Waals surface area contributed by atoms with Gasteiger partial charge in [0.05, 0.1) is 24.0 Å². The Bertz CT molecular complexity index is 1190. The van der Waals surface area contributed by atoms with Crippen LogP contribution in [0.4, 0.5) is 11.4 Å². The molecule has 4 rings (SSSR count). The SMILES string of the molecule is COc1ccc(OC)c2c1CN(c1ccc(S(=O)(=O)N3CCC(C)CC3)cc1[N+](=O)[O-])CC2O. The van der Waals surface area contributed by atoms with E-state index in [4.69, 9.17) is 9.47 Å². The number of aliphatic hydroxyl groups excluding tert-OH is 1. The predicted molar refractivity (Wildman–Crippen MR) is 126 cm³/mol. The minimum Gasteiger partial charge on any atom is -0.496 e. The second kappa shape index (κ2) is 9.40. The van der Waals surface area contributed by atoms with Crippen LogP contribution in [0.1, 0.15) is 37.0 Å². The van der Waals surface area contributed by atoms with Crippen molar-refractivity contribution in [1.82, 2.24) is 4.31 Å². The summed E-state index contributed by atoms with van der Waals surface area (Å²) in [6.45, 7) is 3.18. The lowest BCUT2D eigenvalue weighted by molar-refractivity contribution is -0.384. The topological polar surface area (TPSA) is 122 Å². The van der Waals surface area contributed by atoms with E-state index in [1.54, 1.807) is 17.0 Å². The van der Waals surface area contributed by atoms with Gasteiger partial charge >= 0.3 is 0 Å². The monoisotopic (exact) mass is 491 g/mol. The van der Waals surface area contributed by atoms with Gasteiger partial charge in [-0.25, -0.2) is 8.42 Å². The molecule has 0 aliphatic carbocycles. The Morgan fingerprint density at radius 1 is 1.09 bits per heavy atom. The third-order valence-electron chi connectivity index (χ3n) is 6.65. The molecule has 34 heavy (non-hydrogen) atoms. The average molecular weight is 492 g/mol. The Kier molecular flexibility index (Phi) is 6.70. The second-order valence-electron chi connectivity index (χ2n) is 8.75. The van der Waals surface area contributed by atoms with Gasteiger partial charge in [0.1, 0.15) is 23.3 Å². The molecule has 0 bridgehead atoms. The first-order valence-corrected chi connectivity index (χ1v) is 12.6. The van der Waals surface area contributed by atoms with Gasteiger partial charge in [0.15, 0.2) is 0 Å². The van der Waals surface area contributed by atoms with Gasteiger partial charge in [-0.3, -0.25) is 10.1 Å². The number of hydrogen-bond acceptors (Lipinski definition) is 8. The van der Waals surface area contributed by atoms with E-state index in [9.17, 15) is 23.6 Å². The molecule has 0 amide bonds. The van der Waals surface area contributed by atoms with Gasteiger partial charge in [0.25, 0.3) is 5.69 Å². The van der Waals surface area contributed by atoms with Crippen molar-refractivity contribution in [2.24, 2.45) is 5.92 Å². The van der Waals surface area contributed by atoms with Gasteiger partial charge in [0, 0.05) is 43.4 Å². The normalized spacial score (nSPS) is 19.5. The molecule has 1 unspecified atom stereocenters. The van der Waals surface area contributed by atoms with Crippen LogP contribution in [0.3, 0.4) is 0 Å². The molecule has 2 aromatic rings. The molecule has 10 nitrogen and oxygen atoms in total. The molecule has 2 aliphatic rings. The highest BCUT2D eigenvalue weighted by molar-refractivity contribution is 7.89. The van der Waals surface area contributed by atoms with Crippen LogP contribution >= 0.6 is 0 Å². The van der Waals surface area contributed by atoms with Gasteiger partial charge in [-0.05, 0) is 43.0 Å². The fourth-order valence-corrected chi connectivity index (χ4v) is 6.20. The number of fused-ring (bicyclic) bond motifs is 1. The van der Waals surface area contributed by atoms with E-state index in [1.807, 2.05) is 0 Å². The predicted octanol–water partition coefficient (Wildman–Crippen LogP) is 3.09. The van der Waals surface area contributed by atoms with Crippen molar-refractivity contribution in [2.75, 3.05) is 38.8 Å². The van der Waals surface area contributed by atoms with Gasteiger partial charge in [0.2, 0.25) is 10.0 Å². The Morgan fingerprint density at radius 2 is 1.74 bits per heavy atom. The summed E-state index contributed by atoms with van der Waals surface area (Å²) in [6, 6.07) is 7.40. The lowest BCUT2D eigenvalue weighted by Crippen LogP contribution is -2.38. The van der Waals surface area contributed by atoms with Crippen molar-refractivity contribution < 1.29 is 27.9 Å². The van der Waals surface area contributed by atoms with Gasteiger partial charge in [-0.15, -0.1) is 0 Å². The Morgan fingerprint density at radius 3 is 2.35 bits per heavy atom. The fourth-order valence-electron chi connectivity index (χ4n) is 4.71. The van der Waals surface area contributed by atoms with Crippen molar-refractivity contribution >= 4 is 21.4 Å². The first kappa shape index (κ1) is 24.2. The highest BCUT2D eigenvalue weighted by Crippen LogP contribution is 2.43. The number of anilines is 1. The zero-order chi connectivity index (χ0) is 24.6. The van der Waals surface area contributed by atoms with Crippen LogP contribution in [-0.2, 0) is 16.6 Å². The average Bonchev–Trinajstić information content (AvgIpc) is 2.83. The zero-order valence-corrected chi connectivity index (χ0v) is 20.2. The largest absolute Gasteiger partial charge is 0.496 e. The number of β-amino-alcohol motifs (C(OH)–C–C–N with tert-alkyl or cyclic N) is 1. The van der Waals surface area contributed by atoms with Crippen molar-refractivity contribution in [3.8, 4) is 11.5 Å². The number of hydrogen-bond donors (Lipinski definition) is 1. The lowest BCUT2D eigenvalue weighted by atomic mass is 9.94. The molecule has 184 valence electrons. The van der Waals surface area contributed by atoms with Crippen molar-refractivity contribution in [1.29, 1.82) is 0 Å². The molecule has 11 heteroatoms. The summed E-state index contributed by atoms with van der Waals surface area (Å²) in [5, 5.41) is 22.9. The summed E-state index contributed by atoms with van der Waals surface area (Å²) < 4.78 is 38.5. The van der Waals surface area contributed by atoms with Gasteiger partial charge in [-0.1, -0.05) is 6.92 Å². The Balaban J connectivity index is 1.72. The maximum absolute atomic E-state index is 13.1. The van der Waals surface area contributed by atoms with Gasteiger partial charge < -0.3 is 19.5 Å². The van der Waals surface area contributed by atoms with Crippen LogP contribution in [0.15, 0.2) is 35.2 Å². The standard InChI is InChI=1S/C23H29N3O7S/c1-15-8-10-25(11-9-15)34(30,31)16-4-5-18(19(12-16)26(28)29)24-13-17-21(32-2)6-7-22(33-3)23(17)20(27)14-24/h4-7,12,15,20,27H,8-11,13-14H2,1-3H3. The first-order chi connectivity index (χ1) is 16.2. The summed E-state index contributed by atoms with van der Waals surface area (Å²) in [4.78, 5) is 12.9. The molecule has 1 atom stereocenters. The highest BCUT2D eigenvalue weighted by Gasteiger charge is 2.34. The number of ether oxygens (including phenoxy) is 2. The van der Waals surface area contributed by atoms with Crippen LogP contribution in [0.25, 0.3) is 0 Å². The first-order valence-electron chi connectivity index (χ1n) is 11.1. The molecule has 2 aromatic carbocycles. The summed E-state index contributed by atoms with van der Waals surface area (Å²) in [5.41, 5.74) is 1.14. The van der Waals surface area contributed by atoms with E-state index < -0.39 is 21.1 Å². The molecular weight excluding hydrogens is 462 g/mol. The zero-order valence-electron chi connectivity index (χ0n) is 19.4. The number of nitrogens with zero attached hydrogens (tertiary/aromatic N) is 3. The number of rotatable bonds is 6. The summed E-state index contributed by atoms with van der Waals surface area (Å²) in [7, 11) is -0.825. The third kappa shape index (κ3) is 4.30. The van der Waals surface area contributed by atoms with Crippen LogP contribution in [0.2, 0.25) is 0 Å². The number of aliphatic hydroxyl groups is 1. The second-order valence-corrected chi connectivity index (χ2v) is 10.7. The van der Waals surface area contributed by atoms with E-state index >= 15 is 0 Å². The van der Waals surface area contributed by atoms with E-state index in [0.717, 1.165) is 18.9 Å². The molecule has 0 saturated carbocycles. The molecule has 2 aliphatic heterocycles. The van der Waals surface area contributed by atoms with E-state index in [0.29, 0.717) is 41.6 Å². The highest BCUT2D eigenvalue weighted by atomic mass is 32.2.